The van der Waals surface area contributed by atoms with Crippen molar-refractivity contribution in [3.63, 3.8) is 0 Å². The Kier molecular flexibility index (Phi) is 10.3. The third kappa shape index (κ3) is 6.86. The van der Waals surface area contributed by atoms with E-state index in [4.69, 9.17) is 25.7 Å². The second kappa shape index (κ2) is 13.3. The van der Waals surface area contributed by atoms with Crippen LogP contribution in [0.4, 0.5) is 0 Å². The summed E-state index contributed by atoms with van der Waals surface area (Å²) < 4.78 is 15.0. The Bertz CT molecular complexity index is 1220. The van der Waals surface area contributed by atoms with Gasteiger partial charge in [0.05, 0.1) is 12.7 Å². The number of hydrogen-bond acceptors (Lipinski definition) is 7. The van der Waals surface area contributed by atoms with Crippen molar-refractivity contribution in [2.75, 3.05) is 39.8 Å². The number of ether oxygens (including phenoxy) is 1. The van der Waals surface area contributed by atoms with Crippen LogP contribution < -0.4 is 16.0 Å². The van der Waals surface area contributed by atoms with Crippen molar-refractivity contribution in [2.45, 2.75) is 89.2 Å². The summed E-state index contributed by atoms with van der Waals surface area (Å²) in [6.07, 6.45) is 3.43. The highest BCUT2D eigenvalue weighted by Crippen LogP contribution is 2.42. The average molecular weight is 581 g/mol. The minimum absolute atomic E-state index is 0.0393. The summed E-state index contributed by atoms with van der Waals surface area (Å²) in [7, 11) is 0.245. The van der Waals surface area contributed by atoms with Gasteiger partial charge < -0.3 is 14.9 Å². The largest absolute Gasteiger partial charge is 0.563 e. The fraction of sp³-hybridized carbons (Fsp3) is 0.625. The number of likely N-dealkylation sites (N-methyl/N-ethyl adjacent to an activating group) is 1. The number of nitrogens with zero attached hydrogens (tertiary/aromatic N) is 3. The fourth-order valence-corrected chi connectivity index (χ4v) is 12.7. The van der Waals surface area contributed by atoms with Crippen molar-refractivity contribution >= 4 is 14.2 Å². The summed E-state index contributed by atoms with van der Waals surface area (Å²) in [5.41, 5.74) is 10.6. The van der Waals surface area contributed by atoms with Gasteiger partial charge in [-0.05, 0) is 51.5 Å². The summed E-state index contributed by atoms with van der Waals surface area (Å²) in [5, 5.41) is 17.5. The zero-order chi connectivity index (χ0) is 29.9. The lowest BCUT2D eigenvalue weighted by molar-refractivity contribution is 0.0667. The molecule has 2 heterocycles. The molecule has 1 aromatic carbocycles. The molecule has 1 aliphatic carbocycles. The quantitative estimate of drug-likeness (QED) is 0.195. The number of nitrogens with two attached hydrogens (primary N) is 1. The molecule has 0 saturated carbocycles. The molecule has 0 spiro atoms. The van der Waals surface area contributed by atoms with Crippen molar-refractivity contribution in [3.05, 3.63) is 59.2 Å². The first-order valence-corrected chi connectivity index (χ1v) is 17.5. The first kappa shape index (κ1) is 31.6. The third-order valence-electron chi connectivity index (χ3n) is 9.44. The van der Waals surface area contributed by atoms with E-state index in [2.05, 4.69) is 70.5 Å². The molecular weight excluding hydrogens is 528 g/mol. The monoisotopic (exact) mass is 580 g/mol. The van der Waals surface area contributed by atoms with Gasteiger partial charge in [-0.15, -0.1) is 16.6 Å². The molecule has 0 bridgehead atoms. The molecule has 2 aliphatic rings. The maximum atomic E-state index is 8.94. The highest BCUT2D eigenvalue weighted by Gasteiger charge is 2.34. The number of piperazine rings is 1. The summed E-state index contributed by atoms with van der Waals surface area (Å²) in [5.74, 6) is 1.05. The maximum Gasteiger partial charge on any atom is 0.137 e. The van der Waals surface area contributed by atoms with Gasteiger partial charge in [-0.2, -0.15) is 0 Å². The molecule has 9 heteroatoms. The molecule has 0 amide bonds. The predicted octanol–water partition coefficient (Wildman–Crippen LogP) is 5.51. The first-order valence-electron chi connectivity index (χ1n) is 15.4. The molecule has 4 N–H and O–H groups in total. The molecule has 1 saturated heterocycles. The lowest BCUT2D eigenvalue weighted by Crippen LogP contribution is -2.57. The molecule has 8 nitrogen and oxygen atoms in total. The topological polar surface area (TPSA) is 104 Å². The molecule has 41 heavy (non-hydrogen) atoms. The fourth-order valence-electron chi connectivity index (χ4n) is 7.21. The second-order valence-electron chi connectivity index (χ2n) is 13.0. The highest BCUT2D eigenvalue weighted by atomic mass is 28.4. The molecular formula is C32H52N6O2Si-. The van der Waals surface area contributed by atoms with Crippen LogP contribution in [0.3, 0.4) is 0 Å². The Hall–Kier alpha value is -2.30. The van der Waals surface area contributed by atoms with Gasteiger partial charge in [0.15, 0.2) is 0 Å². The number of benzene rings is 1. The first-order chi connectivity index (χ1) is 19.4. The smallest absolute Gasteiger partial charge is 0.137 e. The highest BCUT2D eigenvalue weighted by molar-refractivity contribution is 6.77. The molecule has 1 aliphatic heterocycles. The van der Waals surface area contributed by atoms with Crippen LogP contribution in [0, 0.1) is 10.8 Å². The molecule has 1 fully saturated rings. The number of rotatable bonds is 10. The molecule has 1 aromatic heterocycles. The van der Waals surface area contributed by atoms with E-state index in [0.717, 1.165) is 50.2 Å². The standard InChI is InChI=1S/C32H52N6O2Si/c1-22(2)41(23(3)4,24(5)6)39-21-25-18-37(17-16-36(25)7)20-32(35)38-19-26(12-15-31(38)34)40-30-14-13-29(33)27-10-8-9-11-28(27)30/h8-12,15,19,22-25,29-30,34-35H,13-14,16-18,20-21,33H2,1-7H3/q-1/t25?,29?,30-/m1/s1. The van der Waals surface area contributed by atoms with Gasteiger partial charge in [-0.1, -0.05) is 65.8 Å². The van der Waals surface area contributed by atoms with E-state index in [1.54, 1.807) is 16.8 Å². The normalized spacial score (nSPS) is 22.4. The van der Waals surface area contributed by atoms with Crippen LogP contribution in [0.15, 0.2) is 42.6 Å². The van der Waals surface area contributed by atoms with E-state index < -0.39 is 8.32 Å². The number of nitrogens with one attached hydrogen (secondary N) is 2. The van der Waals surface area contributed by atoms with E-state index in [1.807, 2.05) is 18.2 Å². The molecule has 2 aromatic rings. The van der Waals surface area contributed by atoms with Crippen LogP contribution in [0.2, 0.25) is 16.6 Å². The Balaban J connectivity index is 1.43. The predicted molar refractivity (Wildman–Crippen MR) is 169 cm³/mol. The third-order valence-corrected chi connectivity index (χ3v) is 15.5. The van der Waals surface area contributed by atoms with E-state index in [0.29, 0.717) is 34.8 Å². The van der Waals surface area contributed by atoms with E-state index in [-0.39, 0.29) is 23.7 Å². The average Bonchev–Trinajstić information content (AvgIpc) is 2.92. The van der Waals surface area contributed by atoms with Crippen LogP contribution in [-0.2, 0) is 4.43 Å². The van der Waals surface area contributed by atoms with Gasteiger partial charge in [-0.25, -0.2) is 0 Å². The lowest BCUT2D eigenvalue weighted by atomic mass is 9.86. The van der Waals surface area contributed by atoms with Crippen molar-refractivity contribution in [1.29, 1.82) is 10.8 Å². The number of hydrogen-bond donors (Lipinski definition) is 3. The van der Waals surface area contributed by atoms with Crippen LogP contribution in [0.1, 0.15) is 77.7 Å². The molecule has 4 rings (SSSR count). The Morgan fingerprint density at radius 1 is 0.976 bits per heavy atom. The lowest BCUT2D eigenvalue weighted by Gasteiger charge is -2.56. The van der Waals surface area contributed by atoms with Crippen molar-refractivity contribution in [3.8, 4) is 5.75 Å². The summed E-state index contributed by atoms with van der Waals surface area (Å²) in [6.45, 7) is 17.9. The zero-order valence-corrected chi connectivity index (χ0v) is 27.2. The Morgan fingerprint density at radius 3 is 2.29 bits per heavy atom. The molecule has 0 radical (unpaired) electrons. The maximum absolute atomic E-state index is 8.94. The van der Waals surface area contributed by atoms with Crippen molar-refractivity contribution in [2.24, 2.45) is 5.73 Å². The van der Waals surface area contributed by atoms with E-state index in [1.165, 1.54) is 0 Å². The van der Waals surface area contributed by atoms with Gasteiger partial charge in [0, 0.05) is 38.3 Å². The van der Waals surface area contributed by atoms with Gasteiger partial charge in [0.1, 0.15) is 23.2 Å². The van der Waals surface area contributed by atoms with E-state index >= 15 is 0 Å². The SMILES string of the molecule is CC(C)[Si-](OCC1CN(CC(=N)n2cc(O[C@@H]3CCC(N)c4ccccc43)ccc2=N)CCN1C)(C(C)C)C(C)C. The molecule has 227 valence electrons. The van der Waals surface area contributed by atoms with Crippen LogP contribution in [0.5, 0.6) is 5.75 Å². The minimum Gasteiger partial charge on any atom is -0.563 e. The molecule has 2 unspecified atom stereocenters. The Morgan fingerprint density at radius 2 is 1.63 bits per heavy atom. The van der Waals surface area contributed by atoms with Crippen LogP contribution >= 0.6 is 0 Å². The number of fused-ring (bicyclic) bond motifs is 1. The van der Waals surface area contributed by atoms with E-state index in [9.17, 15) is 0 Å². The summed E-state index contributed by atoms with van der Waals surface area (Å²) in [4.78, 5) is 4.74. The van der Waals surface area contributed by atoms with Gasteiger partial charge in [0.25, 0.3) is 0 Å². The summed E-state index contributed by atoms with van der Waals surface area (Å²) >= 11 is 0. The van der Waals surface area contributed by atoms with Gasteiger partial charge in [0.2, 0.25) is 0 Å². The minimum atomic E-state index is -1.94. The van der Waals surface area contributed by atoms with Gasteiger partial charge >= 0.3 is 0 Å². The Labute approximate surface area is 248 Å². The molecule has 3 atom stereocenters. The van der Waals surface area contributed by atoms with Crippen LogP contribution in [0.25, 0.3) is 0 Å². The number of aromatic nitrogens is 1. The zero-order valence-electron chi connectivity index (χ0n) is 26.2. The van der Waals surface area contributed by atoms with Gasteiger partial charge in [-0.3, -0.25) is 25.2 Å². The second-order valence-corrected chi connectivity index (χ2v) is 18.4. The van der Waals surface area contributed by atoms with Crippen LogP contribution in [-0.4, -0.2) is 74.4 Å². The summed E-state index contributed by atoms with van der Waals surface area (Å²) in [6, 6.07) is 12.1. The van der Waals surface area contributed by atoms with Crippen molar-refractivity contribution in [1.82, 2.24) is 14.4 Å². The number of pyridine rings is 1. The van der Waals surface area contributed by atoms with Crippen molar-refractivity contribution < 1.29 is 9.16 Å².